The topological polar surface area (TPSA) is 59.1 Å². The summed E-state index contributed by atoms with van der Waals surface area (Å²) >= 11 is 0. The van der Waals surface area contributed by atoms with Gasteiger partial charge in [-0.2, -0.15) is 5.10 Å². The molecule has 2 aliphatic heterocycles. The van der Waals surface area contributed by atoms with Crippen molar-refractivity contribution in [2.75, 3.05) is 32.4 Å². The molecule has 3 heterocycles. The predicted molar refractivity (Wildman–Crippen MR) is 67.8 cm³/mol. The lowest BCUT2D eigenvalue weighted by Gasteiger charge is -2.30. The Morgan fingerprint density at radius 1 is 1.47 bits per heavy atom. The number of piperidine rings is 1. The SMILES string of the molecule is CN1CCCC(n2nc3c(c2N)CCNC3)C1. The van der Waals surface area contributed by atoms with Crippen LogP contribution in [0.15, 0.2) is 0 Å². The zero-order valence-electron chi connectivity index (χ0n) is 10.4. The first kappa shape index (κ1) is 11.0. The Morgan fingerprint density at radius 2 is 2.35 bits per heavy atom. The van der Waals surface area contributed by atoms with Crippen molar-refractivity contribution < 1.29 is 0 Å². The molecule has 1 aromatic heterocycles. The molecule has 0 spiro atoms. The molecule has 1 fully saturated rings. The standard InChI is InChI=1S/C12H21N5/c1-16-6-2-3-9(8-16)17-12(13)10-4-5-14-7-11(10)15-17/h9,14H,2-8,13H2,1H3. The van der Waals surface area contributed by atoms with Gasteiger partial charge in [0, 0.05) is 18.7 Å². The smallest absolute Gasteiger partial charge is 0.125 e. The molecule has 17 heavy (non-hydrogen) atoms. The lowest BCUT2D eigenvalue weighted by Crippen LogP contribution is -2.34. The molecule has 0 aromatic carbocycles. The minimum absolute atomic E-state index is 0.458. The largest absolute Gasteiger partial charge is 0.384 e. The molecule has 3 N–H and O–H groups in total. The van der Waals surface area contributed by atoms with Crippen LogP contribution in [-0.4, -0.2) is 41.4 Å². The number of aromatic nitrogens is 2. The molecule has 0 radical (unpaired) electrons. The van der Waals surface area contributed by atoms with Gasteiger partial charge in [-0.1, -0.05) is 0 Å². The van der Waals surface area contributed by atoms with Crippen molar-refractivity contribution in [2.45, 2.75) is 31.8 Å². The normalized spacial score (nSPS) is 25.8. The highest BCUT2D eigenvalue weighted by Crippen LogP contribution is 2.27. The van der Waals surface area contributed by atoms with E-state index in [1.807, 2.05) is 0 Å². The summed E-state index contributed by atoms with van der Waals surface area (Å²) < 4.78 is 2.08. The Bertz CT molecular complexity index is 411. The second-order valence-electron chi connectivity index (χ2n) is 5.24. The molecule has 1 unspecified atom stereocenters. The van der Waals surface area contributed by atoms with Gasteiger partial charge in [0.05, 0.1) is 11.7 Å². The van der Waals surface area contributed by atoms with Gasteiger partial charge < -0.3 is 16.0 Å². The van der Waals surface area contributed by atoms with E-state index in [1.54, 1.807) is 0 Å². The Labute approximate surface area is 102 Å². The number of rotatable bonds is 1. The van der Waals surface area contributed by atoms with E-state index in [1.165, 1.54) is 24.9 Å². The number of likely N-dealkylation sites (N-methyl/N-ethyl adjacent to an activating group) is 1. The Hall–Kier alpha value is -1.07. The van der Waals surface area contributed by atoms with E-state index < -0.39 is 0 Å². The van der Waals surface area contributed by atoms with Gasteiger partial charge in [-0.15, -0.1) is 0 Å². The number of nitrogens with one attached hydrogen (secondary N) is 1. The Morgan fingerprint density at radius 3 is 3.12 bits per heavy atom. The van der Waals surface area contributed by atoms with Crippen LogP contribution in [0.4, 0.5) is 5.82 Å². The molecule has 5 nitrogen and oxygen atoms in total. The van der Waals surface area contributed by atoms with Crippen LogP contribution in [0.1, 0.15) is 30.1 Å². The monoisotopic (exact) mass is 235 g/mol. The van der Waals surface area contributed by atoms with E-state index in [9.17, 15) is 0 Å². The molecule has 1 aromatic rings. The Kier molecular flexibility index (Phi) is 2.80. The highest BCUT2D eigenvalue weighted by molar-refractivity contribution is 5.45. The molecule has 0 bridgehead atoms. The summed E-state index contributed by atoms with van der Waals surface area (Å²) in [4.78, 5) is 2.37. The predicted octanol–water partition coefficient (Wildman–Crippen LogP) is 0.378. The third kappa shape index (κ3) is 1.93. The third-order valence-corrected chi connectivity index (χ3v) is 3.92. The third-order valence-electron chi connectivity index (χ3n) is 3.92. The molecule has 0 saturated carbocycles. The van der Waals surface area contributed by atoms with Crippen LogP contribution in [0, 0.1) is 0 Å². The zero-order chi connectivity index (χ0) is 11.8. The van der Waals surface area contributed by atoms with Crippen molar-refractivity contribution >= 4 is 5.82 Å². The van der Waals surface area contributed by atoms with Gasteiger partial charge in [-0.25, -0.2) is 4.68 Å². The highest BCUT2D eigenvalue weighted by atomic mass is 15.4. The van der Waals surface area contributed by atoms with Crippen LogP contribution in [0.2, 0.25) is 0 Å². The van der Waals surface area contributed by atoms with Crippen molar-refractivity contribution in [3.05, 3.63) is 11.3 Å². The van der Waals surface area contributed by atoms with Gasteiger partial charge >= 0.3 is 0 Å². The lowest BCUT2D eigenvalue weighted by atomic mass is 10.1. The second kappa shape index (κ2) is 4.31. The van der Waals surface area contributed by atoms with E-state index >= 15 is 0 Å². The van der Waals surface area contributed by atoms with Crippen LogP contribution in [-0.2, 0) is 13.0 Å². The molecule has 94 valence electrons. The zero-order valence-corrected chi connectivity index (χ0v) is 10.4. The van der Waals surface area contributed by atoms with Crippen LogP contribution in [0.25, 0.3) is 0 Å². The minimum Gasteiger partial charge on any atom is -0.384 e. The lowest BCUT2D eigenvalue weighted by molar-refractivity contribution is 0.204. The number of hydrogen-bond donors (Lipinski definition) is 2. The summed E-state index contributed by atoms with van der Waals surface area (Å²) in [5.41, 5.74) is 8.68. The molecule has 3 rings (SSSR count). The molecule has 0 aliphatic carbocycles. The summed E-state index contributed by atoms with van der Waals surface area (Å²) in [6.07, 6.45) is 3.45. The van der Waals surface area contributed by atoms with Crippen molar-refractivity contribution in [3.63, 3.8) is 0 Å². The molecule has 0 amide bonds. The first-order valence-electron chi connectivity index (χ1n) is 6.50. The summed E-state index contributed by atoms with van der Waals surface area (Å²) in [6.45, 7) is 4.15. The highest BCUT2D eigenvalue weighted by Gasteiger charge is 2.25. The molecular formula is C12H21N5. The van der Waals surface area contributed by atoms with Crippen molar-refractivity contribution in [1.29, 1.82) is 0 Å². The fraction of sp³-hybridized carbons (Fsp3) is 0.750. The molecule has 5 heteroatoms. The van der Waals surface area contributed by atoms with E-state index in [4.69, 9.17) is 10.8 Å². The number of nitrogens with two attached hydrogens (primary N) is 1. The number of hydrogen-bond acceptors (Lipinski definition) is 4. The van der Waals surface area contributed by atoms with Gasteiger partial charge in [-0.05, 0) is 39.4 Å². The van der Waals surface area contributed by atoms with Crippen LogP contribution >= 0.6 is 0 Å². The number of likely N-dealkylation sites (tertiary alicyclic amines) is 1. The summed E-state index contributed by atoms with van der Waals surface area (Å²) in [7, 11) is 2.17. The van der Waals surface area contributed by atoms with Crippen molar-refractivity contribution in [2.24, 2.45) is 0 Å². The number of anilines is 1. The summed E-state index contributed by atoms with van der Waals surface area (Å²) in [5, 5.41) is 8.06. The van der Waals surface area contributed by atoms with E-state index in [0.717, 1.165) is 37.6 Å². The van der Waals surface area contributed by atoms with E-state index in [0.29, 0.717) is 6.04 Å². The van der Waals surface area contributed by atoms with E-state index in [-0.39, 0.29) is 0 Å². The second-order valence-corrected chi connectivity index (χ2v) is 5.24. The van der Waals surface area contributed by atoms with Crippen LogP contribution in [0.3, 0.4) is 0 Å². The van der Waals surface area contributed by atoms with Gasteiger partial charge in [0.15, 0.2) is 0 Å². The fourth-order valence-corrected chi connectivity index (χ4v) is 2.98. The summed E-state index contributed by atoms with van der Waals surface area (Å²) in [6, 6.07) is 0.458. The molecule has 2 aliphatic rings. The maximum absolute atomic E-state index is 6.25. The van der Waals surface area contributed by atoms with Crippen molar-refractivity contribution in [3.8, 4) is 0 Å². The van der Waals surface area contributed by atoms with Crippen LogP contribution in [0.5, 0.6) is 0 Å². The minimum atomic E-state index is 0.458. The van der Waals surface area contributed by atoms with Crippen molar-refractivity contribution in [1.82, 2.24) is 20.0 Å². The van der Waals surface area contributed by atoms with E-state index in [2.05, 4.69) is 21.9 Å². The first-order valence-corrected chi connectivity index (χ1v) is 6.50. The Balaban J connectivity index is 1.89. The molecule has 1 saturated heterocycles. The average molecular weight is 235 g/mol. The average Bonchev–Trinajstić information content (AvgIpc) is 2.68. The number of nitrogen functional groups attached to an aromatic ring is 1. The van der Waals surface area contributed by atoms with Gasteiger partial charge in [0.2, 0.25) is 0 Å². The maximum Gasteiger partial charge on any atom is 0.125 e. The first-order chi connectivity index (χ1) is 8.25. The van der Waals surface area contributed by atoms with Crippen LogP contribution < -0.4 is 11.1 Å². The quantitative estimate of drug-likeness (QED) is 0.739. The molecular weight excluding hydrogens is 214 g/mol. The number of nitrogens with zero attached hydrogens (tertiary/aromatic N) is 3. The number of fused-ring (bicyclic) bond motifs is 1. The molecule has 1 atom stereocenters. The summed E-state index contributed by atoms with van der Waals surface area (Å²) in [5.74, 6) is 0.904. The van der Waals surface area contributed by atoms with Gasteiger partial charge in [-0.3, -0.25) is 0 Å². The fourth-order valence-electron chi connectivity index (χ4n) is 2.98. The van der Waals surface area contributed by atoms with Gasteiger partial charge in [0.25, 0.3) is 0 Å². The maximum atomic E-state index is 6.25. The van der Waals surface area contributed by atoms with Gasteiger partial charge in [0.1, 0.15) is 5.82 Å².